The van der Waals surface area contributed by atoms with Crippen LogP contribution >= 0.6 is 0 Å². The van der Waals surface area contributed by atoms with Gasteiger partial charge in [-0.2, -0.15) is 0 Å². The average Bonchev–Trinajstić information content (AvgIpc) is 3.07. The van der Waals surface area contributed by atoms with Gasteiger partial charge in [-0.1, -0.05) is 25.4 Å². The third-order valence-corrected chi connectivity index (χ3v) is 3.17. The minimum absolute atomic E-state index is 0.341. The molecule has 1 unspecified atom stereocenters. The van der Waals surface area contributed by atoms with E-state index in [1.807, 2.05) is 0 Å². The number of rotatable bonds is 8. The quantitative estimate of drug-likeness (QED) is 0.289. The van der Waals surface area contributed by atoms with Crippen molar-refractivity contribution in [2.75, 3.05) is 13.1 Å². The third-order valence-electron chi connectivity index (χ3n) is 3.17. The van der Waals surface area contributed by atoms with E-state index in [1.54, 1.807) is 0 Å². The molecule has 1 fully saturated rings. The lowest BCUT2D eigenvalue weighted by Gasteiger charge is -2.25. The molecule has 1 rings (SSSR count). The number of nitrogens with two attached hydrogens (primary N) is 1. The lowest BCUT2D eigenvalue weighted by atomic mass is 10.1. The molecule has 3 N–H and O–H groups in total. The highest BCUT2D eigenvalue weighted by molar-refractivity contribution is 5.79. The first-order chi connectivity index (χ1) is 7.67. The van der Waals surface area contributed by atoms with Crippen LogP contribution in [-0.4, -0.2) is 35.1 Å². The smallest absolute Gasteiger partial charge is 0.140 e. The summed E-state index contributed by atoms with van der Waals surface area (Å²) in [5, 5.41) is 11.5. The van der Waals surface area contributed by atoms with Crippen molar-refractivity contribution >= 4 is 5.84 Å². The van der Waals surface area contributed by atoms with Crippen LogP contribution < -0.4 is 5.73 Å². The van der Waals surface area contributed by atoms with Crippen molar-refractivity contribution < 1.29 is 5.21 Å². The molecule has 1 aliphatic carbocycles. The van der Waals surface area contributed by atoms with Gasteiger partial charge in [0.15, 0.2) is 0 Å². The highest BCUT2D eigenvalue weighted by atomic mass is 16.4. The molecular weight excluding hydrogens is 202 g/mol. The molecule has 0 aliphatic heterocycles. The first-order valence-electron chi connectivity index (χ1n) is 6.37. The number of hydrogen-bond donors (Lipinski definition) is 2. The molecule has 0 amide bonds. The Labute approximate surface area is 98.5 Å². The Morgan fingerprint density at radius 2 is 2.25 bits per heavy atom. The second-order valence-electron chi connectivity index (χ2n) is 4.96. The van der Waals surface area contributed by atoms with E-state index in [4.69, 9.17) is 10.9 Å². The van der Waals surface area contributed by atoms with Crippen LogP contribution in [0, 0.1) is 5.92 Å². The minimum Gasteiger partial charge on any atom is -0.409 e. The van der Waals surface area contributed by atoms with E-state index >= 15 is 0 Å². The third kappa shape index (κ3) is 4.84. The maximum atomic E-state index is 8.51. The zero-order chi connectivity index (χ0) is 12.0. The highest BCUT2D eigenvalue weighted by Crippen LogP contribution is 2.28. The Bertz CT molecular complexity index is 226. The summed E-state index contributed by atoms with van der Waals surface area (Å²) >= 11 is 0. The van der Waals surface area contributed by atoms with Crippen molar-refractivity contribution in [2.45, 2.75) is 52.0 Å². The van der Waals surface area contributed by atoms with Crippen molar-refractivity contribution in [1.29, 1.82) is 0 Å². The minimum atomic E-state index is 0.341. The fourth-order valence-corrected chi connectivity index (χ4v) is 2.16. The Kier molecular flexibility index (Phi) is 5.60. The van der Waals surface area contributed by atoms with E-state index in [0.29, 0.717) is 12.3 Å². The summed E-state index contributed by atoms with van der Waals surface area (Å²) in [5.41, 5.74) is 5.50. The Balaban J connectivity index is 2.30. The van der Waals surface area contributed by atoms with E-state index < -0.39 is 0 Å². The van der Waals surface area contributed by atoms with Gasteiger partial charge in [0.1, 0.15) is 5.84 Å². The van der Waals surface area contributed by atoms with E-state index in [9.17, 15) is 0 Å². The number of amidine groups is 1. The molecule has 4 heteroatoms. The van der Waals surface area contributed by atoms with Crippen molar-refractivity contribution in [2.24, 2.45) is 16.8 Å². The molecule has 0 heterocycles. The van der Waals surface area contributed by atoms with Crippen molar-refractivity contribution in [1.82, 2.24) is 4.90 Å². The molecular formula is C12H25N3O. The number of oxime groups is 1. The van der Waals surface area contributed by atoms with E-state index in [1.165, 1.54) is 25.7 Å². The van der Waals surface area contributed by atoms with Crippen LogP contribution in [-0.2, 0) is 0 Å². The van der Waals surface area contributed by atoms with Gasteiger partial charge >= 0.3 is 0 Å². The Morgan fingerprint density at radius 1 is 1.56 bits per heavy atom. The van der Waals surface area contributed by atoms with Crippen molar-refractivity contribution in [3.05, 3.63) is 0 Å². The van der Waals surface area contributed by atoms with Crippen LogP contribution in [0.15, 0.2) is 5.16 Å². The Morgan fingerprint density at radius 3 is 2.75 bits per heavy atom. The van der Waals surface area contributed by atoms with Crippen molar-refractivity contribution in [3.63, 3.8) is 0 Å². The van der Waals surface area contributed by atoms with Crippen LogP contribution in [0.25, 0.3) is 0 Å². The van der Waals surface area contributed by atoms with Crippen LogP contribution in [0.1, 0.15) is 46.0 Å². The zero-order valence-corrected chi connectivity index (χ0v) is 10.5. The summed E-state index contributed by atoms with van der Waals surface area (Å²) in [4.78, 5) is 2.50. The normalized spacial score (nSPS) is 19.1. The predicted octanol–water partition coefficient (Wildman–Crippen LogP) is 2.02. The van der Waals surface area contributed by atoms with Gasteiger partial charge in [-0.15, -0.1) is 0 Å². The van der Waals surface area contributed by atoms with E-state index in [0.717, 1.165) is 25.0 Å². The molecule has 1 saturated carbocycles. The molecule has 1 atom stereocenters. The topological polar surface area (TPSA) is 61.8 Å². The fraction of sp³-hybridized carbons (Fsp3) is 0.917. The van der Waals surface area contributed by atoms with Gasteiger partial charge in [0.25, 0.3) is 0 Å². The van der Waals surface area contributed by atoms with Crippen molar-refractivity contribution in [3.8, 4) is 0 Å². The second-order valence-corrected chi connectivity index (χ2v) is 4.96. The summed E-state index contributed by atoms with van der Waals surface area (Å²) in [6.07, 6.45) is 5.84. The van der Waals surface area contributed by atoms with Gasteiger partial charge < -0.3 is 10.9 Å². The standard InChI is InChI=1S/C12H25N3O/c1-3-4-10(2)9-15(11-5-6-11)8-7-12(13)14-16/h10-11,16H,3-9H2,1-2H3,(H2,13,14). The molecule has 0 aromatic carbocycles. The summed E-state index contributed by atoms with van der Waals surface area (Å²) < 4.78 is 0. The fourth-order valence-electron chi connectivity index (χ4n) is 2.16. The molecule has 0 aromatic rings. The molecule has 0 saturated heterocycles. The summed E-state index contributed by atoms with van der Waals surface area (Å²) in [6.45, 7) is 6.61. The zero-order valence-electron chi connectivity index (χ0n) is 10.5. The van der Waals surface area contributed by atoms with Crippen LogP contribution in [0.2, 0.25) is 0 Å². The van der Waals surface area contributed by atoms with Crippen LogP contribution in [0.3, 0.4) is 0 Å². The number of nitrogens with zero attached hydrogens (tertiary/aromatic N) is 2. The van der Waals surface area contributed by atoms with Gasteiger partial charge in [-0.05, 0) is 25.2 Å². The summed E-state index contributed by atoms with van der Waals surface area (Å²) in [5.74, 6) is 1.09. The highest BCUT2D eigenvalue weighted by Gasteiger charge is 2.29. The van der Waals surface area contributed by atoms with Gasteiger partial charge in [-0.3, -0.25) is 4.90 Å². The molecule has 94 valence electrons. The van der Waals surface area contributed by atoms with Crippen LogP contribution in [0.5, 0.6) is 0 Å². The predicted molar refractivity (Wildman–Crippen MR) is 66.7 cm³/mol. The maximum Gasteiger partial charge on any atom is 0.140 e. The molecule has 0 spiro atoms. The molecule has 0 radical (unpaired) electrons. The maximum absolute atomic E-state index is 8.51. The van der Waals surface area contributed by atoms with Gasteiger partial charge in [0, 0.05) is 25.6 Å². The lowest BCUT2D eigenvalue weighted by molar-refractivity contribution is 0.226. The van der Waals surface area contributed by atoms with Gasteiger partial charge in [-0.25, -0.2) is 0 Å². The first kappa shape index (κ1) is 13.3. The molecule has 4 nitrogen and oxygen atoms in total. The molecule has 0 aromatic heterocycles. The van der Waals surface area contributed by atoms with E-state index in [2.05, 4.69) is 23.9 Å². The molecule has 16 heavy (non-hydrogen) atoms. The second kappa shape index (κ2) is 6.74. The Hall–Kier alpha value is -0.770. The number of hydrogen-bond acceptors (Lipinski definition) is 3. The van der Waals surface area contributed by atoms with E-state index in [-0.39, 0.29) is 0 Å². The van der Waals surface area contributed by atoms with Gasteiger partial charge in [0.2, 0.25) is 0 Å². The van der Waals surface area contributed by atoms with Gasteiger partial charge in [0.05, 0.1) is 0 Å². The lowest BCUT2D eigenvalue weighted by Crippen LogP contribution is -2.33. The van der Waals surface area contributed by atoms with Crippen LogP contribution in [0.4, 0.5) is 0 Å². The largest absolute Gasteiger partial charge is 0.409 e. The summed E-state index contributed by atoms with van der Waals surface area (Å²) in [6, 6.07) is 0.755. The first-order valence-corrected chi connectivity index (χ1v) is 6.37. The summed E-state index contributed by atoms with van der Waals surface area (Å²) in [7, 11) is 0. The average molecular weight is 227 g/mol. The SMILES string of the molecule is CCCC(C)CN(CCC(N)=NO)C1CC1. The molecule has 1 aliphatic rings. The monoisotopic (exact) mass is 227 g/mol. The molecule has 0 bridgehead atoms.